The van der Waals surface area contributed by atoms with Gasteiger partial charge in [0.05, 0.1) is 28.1 Å². The number of hydrogen-bond donors (Lipinski definition) is 0. The van der Waals surface area contributed by atoms with Gasteiger partial charge in [-0.15, -0.1) is 11.3 Å². The number of hydrogen-bond acceptors (Lipinski definition) is 3. The van der Waals surface area contributed by atoms with Crippen LogP contribution in [0.15, 0.2) is 128 Å². The second kappa shape index (κ2) is 7.79. The minimum absolute atomic E-state index is 1.12. The SMILES string of the molecule is c1cncc(-c2cccc(N3c4ccccc4-n4c5cc6c(cc5c5cccc3c54)sc3ccccc36)c2)c1. The molecule has 1 aliphatic heterocycles. The molecule has 9 rings (SSSR count). The molecule has 8 aromatic rings. The van der Waals surface area contributed by atoms with Crippen LogP contribution in [0.25, 0.3) is 58.8 Å². The molecule has 0 saturated carbocycles. The molecule has 0 atom stereocenters. The fourth-order valence-electron chi connectivity index (χ4n) is 6.30. The smallest absolute Gasteiger partial charge is 0.0783 e. The Kier molecular flexibility index (Phi) is 4.21. The van der Waals surface area contributed by atoms with E-state index in [1.807, 2.05) is 29.8 Å². The Morgan fingerprint density at radius 2 is 1.33 bits per heavy atom. The first-order valence-corrected chi connectivity index (χ1v) is 14.0. The summed E-state index contributed by atoms with van der Waals surface area (Å²) in [4.78, 5) is 6.76. The Bertz CT molecular complexity index is 2240. The lowest BCUT2D eigenvalue weighted by molar-refractivity contribution is 1.11. The summed E-state index contributed by atoms with van der Waals surface area (Å²) in [5, 5.41) is 5.24. The second-order valence-electron chi connectivity index (χ2n) is 10.1. The standard InChI is InChI=1S/C35H21N3S/c1-4-16-33-25(11-1)28-19-32-27(20-34(28)39-33)26-12-6-15-31-35(26)38(32)30-14-3-2-13-29(30)37(31)24-10-5-8-22(18-24)23-9-7-17-36-21-23/h1-21H. The number of benzene rings is 5. The number of fused-ring (bicyclic) bond motifs is 8. The second-order valence-corrected chi connectivity index (χ2v) is 11.2. The molecule has 3 aromatic heterocycles. The van der Waals surface area contributed by atoms with Gasteiger partial charge in [-0.2, -0.15) is 0 Å². The van der Waals surface area contributed by atoms with Crippen LogP contribution in [0.5, 0.6) is 0 Å². The lowest BCUT2D eigenvalue weighted by atomic mass is 10.0. The zero-order valence-corrected chi connectivity index (χ0v) is 21.7. The highest BCUT2D eigenvalue weighted by Gasteiger charge is 2.28. The van der Waals surface area contributed by atoms with Gasteiger partial charge in [-0.3, -0.25) is 4.98 Å². The van der Waals surface area contributed by atoms with Crippen molar-refractivity contribution < 1.29 is 0 Å². The van der Waals surface area contributed by atoms with Crippen molar-refractivity contribution in [3.8, 4) is 16.8 Å². The molecule has 3 nitrogen and oxygen atoms in total. The lowest BCUT2D eigenvalue weighted by Crippen LogP contribution is -2.18. The van der Waals surface area contributed by atoms with Gasteiger partial charge < -0.3 is 9.47 Å². The van der Waals surface area contributed by atoms with Gasteiger partial charge in [0.2, 0.25) is 0 Å². The largest absolute Gasteiger partial charge is 0.306 e. The summed E-state index contributed by atoms with van der Waals surface area (Å²) >= 11 is 1.88. The summed E-state index contributed by atoms with van der Waals surface area (Å²) in [5.74, 6) is 0. The minimum Gasteiger partial charge on any atom is -0.306 e. The Labute approximate surface area is 228 Å². The Morgan fingerprint density at radius 1 is 0.538 bits per heavy atom. The van der Waals surface area contributed by atoms with Gasteiger partial charge in [-0.25, -0.2) is 0 Å². The number of nitrogens with zero attached hydrogens (tertiary/aromatic N) is 3. The van der Waals surface area contributed by atoms with E-state index in [1.54, 1.807) is 0 Å². The van der Waals surface area contributed by atoms with Crippen LogP contribution in [0.3, 0.4) is 0 Å². The maximum absolute atomic E-state index is 4.35. The van der Waals surface area contributed by atoms with Gasteiger partial charge >= 0.3 is 0 Å². The molecular weight excluding hydrogens is 494 g/mol. The van der Waals surface area contributed by atoms with E-state index >= 15 is 0 Å². The molecule has 0 unspecified atom stereocenters. The van der Waals surface area contributed by atoms with Gasteiger partial charge in [-0.1, -0.05) is 60.7 Å². The summed E-state index contributed by atoms with van der Waals surface area (Å²) in [6, 6.07) is 41.9. The van der Waals surface area contributed by atoms with Crippen molar-refractivity contribution in [1.29, 1.82) is 0 Å². The molecule has 0 saturated heterocycles. The van der Waals surface area contributed by atoms with Crippen LogP contribution in [-0.4, -0.2) is 9.55 Å². The van der Waals surface area contributed by atoms with E-state index in [0.717, 1.165) is 16.8 Å². The van der Waals surface area contributed by atoms with E-state index < -0.39 is 0 Å². The Balaban J connectivity index is 1.37. The van der Waals surface area contributed by atoms with Crippen molar-refractivity contribution in [2.45, 2.75) is 0 Å². The zero-order chi connectivity index (χ0) is 25.5. The summed E-state index contributed by atoms with van der Waals surface area (Å²) in [5.41, 5.74) is 9.48. The molecule has 5 aromatic carbocycles. The molecule has 39 heavy (non-hydrogen) atoms. The third kappa shape index (κ3) is 2.89. The van der Waals surface area contributed by atoms with Crippen molar-refractivity contribution in [1.82, 2.24) is 9.55 Å². The Hall–Kier alpha value is -4.93. The van der Waals surface area contributed by atoms with Crippen molar-refractivity contribution in [2.24, 2.45) is 0 Å². The van der Waals surface area contributed by atoms with Crippen molar-refractivity contribution in [3.05, 3.63) is 128 Å². The summed E-state index contributed by atoms with van der Waals surface area (Å²) in [7, 11) is 0. The highest BCUT2D eigenvalue weighted by atomic mass is 32.1. The molecule has 0 fully saturated rings. The third-order valence-electron chi connectivity index (χ3n) is 7.97. The van der Waals surface area contributed by atoms with Gasteiger partial charge in [0.25, 0.3) is 0 Å². The molecule has 0 aliphatic carbocycles. The molecule has 4 heterocycles. The molecule has 182 valence electrons. The van der Waals surface area contributed by atoms with Gasteiger partial charge in [0, 0.05) is 54.6 Å². The monoisotopic (exact) mass is 515 g/mol. The molecule has 0 N–H and O–H groups in total. The maximum Gasteiger partial charge on any atom is 0.0783 e. The van der Waals surface area contributed by atoms with Crippen LogP contribution >= 0.6 is 11.3 Å². The Morgan fingerprint density at radius 3 is 2.26 bits per heavy atom. The topological polar surface area (TPSA) is 21.1 Å². The molecular formula is C35H21N3S. The first kappa shape index (κ1) is 21.1. The molecule has 0 spiro atoms. The predicted molar refractivity (Wildman–Crippen MR) is 165 cm³/mol. The van der Waals surface area contributed by atoms with E-state index in [1.165, 1.54) is 59.0 Å². The first-order valence-electron chi connectivity index (χ1n) is 13.1. The average Bonchev–Trinajstić information content (AvgIpc) is 3.53. The van der Waals surface area contributed by atoms with E-state index in [-0.39, 0.29) is 0 Å². The summed E-state index contributed by atoms with van der Waals surface area (Å²) < 4.78 is 5.15. The predicted octanol–water partition coefficient (Wildman–Crippen LogP) is 10.00. The van der Waals surface area contributed by atoms with Crippen LogP contribution in [0, 0.1) is 0 Å². The van der Waals surface area contributed by atoms with Crippen LogP contribution in [0.4, 0.5) is 17.1 Å². The minimum atomic E-state index is 1.12. The first-order chi connectivity index (χ1) is 19.3. The molecule has 0 bridgehead atoms. The van der Waals surface area contributed by atoms with Crippen molar-refractivity contribution >= 4 is 70.4 Å². The highest BCUT2D eigenvalue weighted by Crippen LogP contribution is 2.51. The maximum atomic E-state index is 4.35. The number of pyridine rings is 1. The molecule has 1 aliphatic rings. The number of anilines is 3. The summed E-state index contributed by atoms with van der Waals surface area (Å²) in [6.45, 7) is 0. The van der Waals surface area contributed by atoms with Crippen LogP contribution < -0.4 is 4.90 Å². The van der Waals surface area contributed by atoms with E-state index in [0.29, 0.717) is 0 Å². The number of para-hydroxylation sites is 3. The number of aromatic nitrogens is 2. The average molecular weight is 516 g/mol. The van der Waals surface area contributed by atoms with Gasteiger partial charge in [0.15, 0.2) is 0 Å². The van der Waals surface area contributed by atoms with Crippen LogP contribution in [-0.2, 0) is 0 Å². The quantitative estimate of drug-likeness (QED) is 0.228. The molecule has 4 heteroatoms. The molecule has 0 radical (unpaired) electrons. The van der Waals surface area contributed by atoms with E-state index in [4.69, 9.17) is 0 Å². The van der Waals surface area contributed by atoms with Gasteiger partial charge in [-0.05, 0) is 60.2 Å². The fourth-order valence-corrected chi connectivity index (χ4v) is 7.43. The normalized spacial score (nSPS) is 12.6. The third-order valence-corrected chi connectivity index (χ3v) is 9.10. The zero-order valence-electron chi connectivity index (χ0n) is 20.9. The van der Waals surface area contributed by atoms with Gasteiger partial charge in [0.1, 0.15) is 0 Å². The van der Waals surface area contributed by atoms with Crippen molar-refractivity contribution in [3.63, 3.8) is 0 Å². The number of thiophene rings is 1. The number of rotatable bonds is 2. The lowest BCUT2D eigenvalue weighted by Gasteiger charge is -2.33. The highest BCUT2D eigenvalue weighted by molar-refractivity contribution is 7.25. The van der Waals surface area contributed by atoms with Crippen LogP contribution in [0.2, 0.25) is 0 Å². The van der Waals surface area contributed by atoms with Crippen molar-refractivity contribution in [2.75, 3.05) is 4.90 Å². The van der Waals surface area contributed by atoms with Crippen LogP contribution in [0.1, 0.15) is 0 Å². The fraction of sp³-hybridized carbons (Fsp3) is 0. The van der Waals surface area contributed by atoms with E-state index in [2.05, 4.69) is 124 Å². The summed E-state index contributed by atoms with van der Waals surface area (Å²) in [6.07, 6.45) is 3.75. The van der Waals surface area contributed by atoms with E-state index in [9.17, 15) is 0 Å². The molecule has 0 amide bonds.